The maximum Gasteiger partial charge on any atom is 0.272 e. The van der Waals surface area contributed by atoms with Gasteiger partial charge in [-0.1, -0.05) is 12.1 Å². The van der Waals surface area contributed by atoms with E-state index in [1.807, 2.05) is 0 Å². The summed E-state index contributed by atoms with van der Waals surface area (Å²) in [5, 5.41) is 2.45. The Morgan fingerprint density at radius 1 is 1.19 bits per heavy atom. The molecule has 2 rings (SSSR count). The van der Waals surface area contributed by atoms with Crippen molar-refractivity contribution in [3.63, 3.8) is 0 Å². The third-order valence-corrected chi connectivity index (χ3v) is 2.78. The van der Waals surface area contributed by atoms with Crippen LogP contribution in [0.3, 0.4) is 0 Å². The third-order valence-electron chi connectivity index (χ3n) is 2.78. The van der Waals surface area contributed by atoms with Gasteiger partial charge in [0.15, 0.2) is 0 Å². The lowest BCUT2D eigenvalue weighted by molar-refractivity contribution is -0.120. The molecule has 7 heteroatoms. The number of hydrogen-bond donors (Lipinski definition) is 2. The number of nitrogens with zero attached hydrogens (tertiary/aromatic N) is 2. The van der Waals surface area contributed by atoms with Crippen LogP contribution < -0.4 is 11.1 Å². The van der Waals surface area contributed by atoms with Gasteiger partial charge in [0.1, 0.15) is 17.6 Å². The van der Waals surface area contributed by atoms with Gasteiger partial charge in [-0.25, -0.2) is 9.37 Å². The average molecular weight is 288 g/mol. The molecule has 0 spiro atoms. The number of nitrogens with two attached hydrogens (primary N) is 1. The van der Waals surface area contributed by atoms with E-state index in [1.165, 1.54) is 36.7 Å². The largest absolute Gasteiger partial charge is 0.368 e. The molecule has 3 N–H and O–H groups in total. The smallest absolute Gasteiger partial charge is 0.272 e. The average Bonchev–Trinajstić information content (AvgIpc) is 2.46. The van der Waals surface area contributed by atoms with Crippen molar-refractivity contribution in [3.8, 4) is 0 Å². The number of amides is 2. The van der Waals surface area contributed by atoms with Crippen LogP contribution >= 0.6 is 0 Å². The minimum absolute atomic E-state index is 0.0639. The Bertz CT molecular complexity index is 656. The highest BCUT2D eigenvalue weighted by atomic mass is 19.1. The molecule has 1 atom stereocenters. The molecular weight excluding hydrogens is 275 g/mol. The van der Waals surface area contributed by atoms with Crippen molar-refractivity contribution < 1.29 is 14.0 Å². The summed E-state index contributed by atoms with van der Waals surface area (Å²) in [5.41, 5.74) is 6.39. The third kappa shape index (κ3) is 3.59. The number of halogens is 1. The van der Waals surface area contributed by atoms with Gasteiger partial charge in [-0.05, 0) is 24.6 Å². The monoisotopic (exact) mass is 288 g/mol. The Hall–Kier alpha value is -2.83. The summed E-state index contributed by atoms with van der Waals surface area (Å²) in [6.45, 7) is 1.74. The van der Waals surface area contributed by atoms with E-state index in [0.29, 0.717) is 11.3 Å². The summed E-state index contributed by atoms with van der Waals surface area (Å²) in [7, 11) is 0. The summed E-state index contributed by atoms with van der Waals surface area (Å²) in [4.78, 5) is 31.4. The zero-order valence-corrected chi connectivity index (χ0v) is 11.2. The maximum atomic E-state index is 12.9. The molecule has 0 aliphatic heterocycles. The van der Waals surface area contributed by atoms with E-state index in [4.69, 9.17) is 5.73 Å². The molecule has 0 aliphatic rings. The molecule has 0 aliphatic carbocycles. The van der Waals surface area contributed by atoms with E-state index in [0.717, 1.165) is 0 Å². The molecule has 1 heterocycles. The fourth-order valence-electron chi connectivity index (χ4n) is 1.69. The van der Waals surface area contributed by atoms with Crippen LogP contribution in [0.1, 0.15) is 27.8 Å². The summed E-state index contributed by atoms with van der Waals surface area (Å²) in [5.74, 6) is -1.79. The highest BCUT2D eigenvalue weighted by Crippen LogP contribution is 2.14. The first kappa shape index (κ1) is 14.6. The van der Waals surface area contributed by atoms with Gasteiger partial charge in [0.2, 0.25) is 5.91 Å². The lowest BCUT2D eigenvalue weighted by atomic mass is 10.1. The van der Waals surface area contributed by atoms with Crippen LogP contribution in [0, 0.1) is 12.7 Å². The van der Waals surface area contributed by atoms with Crippen LogP contribution in [0.25, 0.3) is 0 Å². The number of aromatic nitrogens is 2. The van der Waals surface area contributed by atoms with Gasteiger partial charge in [-0.15, -0.1) is 0 Å². The van der Waals surface area contributed by atoms with Gasteiger partial charge in [-0.3, -0.25) is 14.6 Å². The quantitative estimate of drug-likeness (QED) is 0.872. The number of benzene rings is 1. The molecule has 0 saturated heterocycles. The molecular formula is C14H13FN4O2. The van der Waals surface area contributed by atoms with Crippen LogP contribution in [-0.4, -0.2) is 21.8 Å². The van der Waals surface area contributed by atoms with E-state index >= 15 is 0 Å². The van der Waals surface area contributed by atoms with Crippen molar-refractivity contribution >= 4 is 11.8 Å². The molecule has 0 radical (unpaired) electrons. The number of primary amides is 1. The molecule has 0 fully saturated rings. The highest BCUT2D eigenvalue weighted by Gasteiger charge is 2.21. The van der Waals surface area contributed by atoms with Crippen LogP contribution in [0.5, 0.6) is 0 Å². The topological polar surface area (TPSA) is 98.0 Å². The van der Waals surface area contributed by atoms with Gasteiger partial charge >= 0.3 is 0 Å². The van der Waals surface area contributed by atoms with E-state index in [1.54, 1.807) is 6.92 Å². The normalized spacial score (nSPS) is 11.7. The second-order valence-electron chi connectivity index (χ2n) is 4.40. The Morgan fingerprint density at radius 3 is 2.38 bits per heavy atom. The first-order valence-corrected chi connectivity index (χ1v) is 6.11. The van der Waals surface area contributed by atoms with E-state index in [9.17, 15) is 14.0 Å². The number of carbonyl (C=O) groups is 2. The lowest BCUT2D eigenvalue weighted by Crippen LogP contribution is -2.37. The second kappa shape index (κ2) is 6.08. The van der Waals surface area contributed by atoms with Gasteiger partial charge in [-0.2, -0.15) is 0 Å². The number of rotatable bonds is 4. The van der Waals surface area contributed by atoms with Gasteiger partial charge in [0.25, 0.3) is 5.91 Å². The van der Waals surface area contributed by atoms with E-state index in [-0.39, 0.29) is 5.69 Å². The van der Waals surface area contributed by atoms with Crippen LogP contribution in [0.4, 0.5) is 4.39 Å². The number of aryl methyl sites for hydroxylation is 1. The number of nitrogens with one attached hydrogen (secondary N) is 1. The van der Waals surface area contributed by atoms with Crippen molar-refractivity contribution in [2.75, 3.05) is 0 Å². The first-order valence-electron chi connectivity index (χ1n) is 6.11. The summed E-state index contributed by atoms with van der Waals surface area (Å²) in [6.07, 6.45) is 2.74. The minimum Gasteiger partial charge on any atom is -0.368 e. The predicted octanol–water partition coefficient (Wildman–Crippen LogP) is 0.881. The Morgan fingerprint density at radius 2 is 1.86 bits per heavy atom. The molecule has 21 heavy (non-hydrogen) atoms. The zero-order valence-electron chi connectivity index (χ0n) is 11.2. The lowest BCUT2D eigenvalue weighted by Gasteiger charge is -2.15. The van der Waals surface area contributed by atoms with Gasteiger partial charge in [0, 0.05) is 6.20 Å². The minimum atomic E-state index is -1.07. The molecule has 6 nitrogen and oxygen atoms in total. The van der Waals surface area contributed by atoms with Crippen LogP contribution in [0.2, 0.25) is 0 Å². The Labute approximate surface area is 120 Å². The van der Waals surface area contributed by atoms with Crippen molar-refractivity contribution in [1.82, 2.24) is 15.3 Å². The van der Waals surface area contributed by atoms with Crippen molar-refractivity contribution in [2.45, 2.75) is 13.0 Å². The fourth-order valence-corrected chi connectivity index (χ4v) is 1.69. The molecule has 2 aromatic rings. The molecule has 1 aromatic heterocycles. The summed E-state index contributed by atoms with van der Waals surface area (Å²) >= 11 is 0. The maximum absolute atomic E-state index is 12.9. The highest BCUT2D eigenvalue weighted by molar-refractivity contribution is 5.95. The van der Waals surface area contributed by atoms with Crippen molar-refractivity contribution in [3.05, 3.63) is 59.4 Å². The van der Waals surface area contributed by atoms with E-state index < -0.39 is 23.7 Å². The molecule has 108 valence electrons. The summed E-state index contributed by atoms with van der Waals surface area (Å²) < 4.78 is 12.9. The SMILES string of the molecule is Cc1cnc(C(=O)N[C@H](C(N)=O)c2ccc(F)cc2)cn1. The molecule has 0 bridgehead atoms. The fraction of sp³-hybridized carbons (Fsp3) is 0.143. The summed E-state index contributed by atoms with van der Waals surface area (Å²) in [6, 6.07) is 4.06. The van der Waals surface area contributed by atoms with Gasteiger partial charge < -0.3 is 11.1 Å². The van der Waals surface area contributed by atoms with Crippen molar-refractivity contribution in [2.24, 2.45) is 5.73 Å². The van der Waals surface area contributed by atoms with Crippen LogP contribution in [-0.2, 0) is 4.79 Å². The number of hydrogen-bond acceptors (Lipinski definition) is 4. The molecule has 1 aromatic carbocycles. The Balaban J connectivity index is 2.20. The van der Waals surface area contributed by atoms with Crippen LogP contribution in [0.15, 0.2) is 36.7 Å². The second-order valence-corrected chi connectivity index (χ2v) is 4.40. The standard InChI is InChI=1S/C14H13FN4O2/c1-8-6-18-11(7-17-8)14(21)19-12(13(16)20)9-2-4-10(15)5-3-9/h2-7,12H,1H3,(H2,16,20)(H,19,21)/t12-/m0/s1. The first-order chi connectivity index (χ1) is 9.97. The van der Waals surface area contributed by atoms with Gasteiger partial charge in [0.05, 0.1) is 11.9 Å². The molecule has 0 unspecified atom stereocenters. The Kier molecular flexibility index (Phi) is 4.22. The predicted molar refractivity (Wildman–Crippen MR) is 72.6 cm³/mol. The van der Waals surface area contributed by atoms with Crippen molar-refractivity contribution in [1.29, 1.82) is 0 Å². The molecule has 0 saturated carbocycles. The van der Waals surface area contributed by atoms with E-state index in [2.05, 4.69) is 15.3 Å². The number of carbonyl (C=O) groups excluding carboxylic acids is 2. The zero-order chi connectivity index (χ0) is 15.4. The molecule has 2 amide bonds.